The van der Waals surface area contributed by atoms with Gasteiger partial charge in [-0.15, -0.1) is 23.1 Å². The number of hydrogen-bond donors (Lipinski definition) is 1. The highest BCUT2D eigenvalue weighted by atomic mass is 32.2. The Morgan fingerprint density at radius 3 is 2.72 bits per heavy atom. The maximum absolute atomic E-state index is 12.3. The van der Waals surface area contributed by atoms with Crippen molar-refractivity contribution in [2.24, 2.45) is 0 Å². The van der Waals surface area contributed by atoms with Crippen LogP contribution in [0.5, 0.6) is 0 Å². The summed E-state index contributed by atoms with van der Waals surface area (Å²) < 4.78 is 4.90. The molecule has 1 N–H and O–H groups in total. The van der Waals surface area contributed by atoms with Gasteiger partial charge in [0, 0.05) is 10.6 Å². The molecule has 1 aliphatic carbocycles. The van der Waals surface area contributed by atoms with E-state index < -0.39 is 0 Å². The number of amides is 1. The molecule has 0 bridgehead atoms. The second-order valence-corrected chi connectivity index (χ2v) is 8.17. The third-order valence-corrected chi connectivity index (χ3v) is 6.40. The zero-order valence-corrected chi connectivity index (χ0v) is 16.0. The van der Waals surface area contributed by atoms with Crippen LogP contribution in [0.25, 0.3) is 0 Å². The molecule has 0 aliphatic heterocycles. The molecule has 0 unspecified atom stereocenters. The van der Waals surface area contributed by atoms with Crippen LogP contribution in [0.1, 0.15) is 38.3 Å². The Kier molecular flexibility index (Phi) is 5.81. The van der Waals surface area contributed by atoms with Crippen LogP contribution in [-0.2, 0) is 28.1 Å². The van der Waals surface area contributed by atoms with Gasteiger partial charge in [-0.05, 0) is 37.3 Å². The number of carbonyl (C=O) groups is 2. The summed E-state index contributed by atoms with van der Waals surface area (Å²) in [5, 5.41) is 3.55. The first-order valence-electron chi connectivity index (χ1n) is 8.24. The van der Waals surface area contributed by atoms with Gasteiger partial charge >= 0.3 is 5.97 Å². The lowest BCUT2D eigenvalue weighted by atomic mass is 10.1. The summed E-state index contributed by atoms with van der Waals surface area (Å²) in [6, 6.07) is 8.32. The maximum atomic E-state index is 12.3. The summed E-state index contributed by atoms with van der Waals surface area (Å²) in [6.45, 7) is 2.06. The summed E-state index contributed by atoms with van der Waals surface area (Å²) in [5.74, 6) is 0.708. The fraction of sp³-hybridized carbons (Fsp3) is 0.368. The van der Waals surface area contributed by atoms with Crippen LogP contribution in [-0.4, -0.2) is 24.7 Å². The molecule has 0 saturated heterocycles. The van der Waals surface area contributed by atoms with Gasteiger partial charge in [0.1, 0.15) is 5.00 Å². The van der Waals surface area contributed by atoms with Gasteiger partial charge in [0.05, 0.1) is 18.4 Å². The van der Waals surface area contributed by atoms with E-state index in [2.05, 4.69) is 36.5 Å². The molecule has 1 aromatic heterocycles. The fourth-order valence-electron chi connectivity index (χ4n) is 2.92. The first-order valence-corrected chi connectivity index (χ1v) is 10.2. The van der Waals surface area contributed by atoms with Crippen molar-refractivity contribution in [2.45, 2.75) is 31.9 Å². The molecule has 4 nitrogen and oxygen atoms in total. The lowest BCUT2D eigenvalue weighted by molar-refractivity contribution is -0.113. The highest BCUT2D eigenvalue weighted by Crippen LogP contribution is 2.39. The van der Waals surface area contributed by atoms with Gasteiger partial charge in [-0.2, -0.15) is 0 Å². The predicted molar refractivity (Wildman–Crippen MR) is 104 cm³/mol. The number of thioether (sulfide) groups is 1. The first kappa shape index (κ1) is 18.0. The summed E-state index contributed by atoms with van der Waals surface area (Å²) in [6.07, 6.45) is 2.92. The number of rotatable bonds is 6. The molecule has 0 saturated carbocycles. The molecule has 1 aromatic carbocycles. The topological polar surface area (TPSA) is 55.4 Å². The number of ether oxygens (including phenoxy) is 1. The number of thiophene rings is 1. The maximum Gasteiger partial charge on any atom is 0.341 e. The van der Waals surface area contributed by atoms with E-state index >= 15 is 0 Å². The standard InChI is InChI=1S/C19H21NO3S2/c1-12-6-8-13(9-7-12)10-24-11-16(21)20-18-17(19(22)23-2)14-4-3-5-15(14)25-18/h6-9H,3-5,10-11H2,1-2H3,(H,20,21). The molecular weight excluding hydrogens is 354 g/mol. The van der Waals surface area contributed by atoms with Crippen LogP contribution < -0.4 is 5.32 Å². The summed E-state index contributed by atoms with van der Waals surface area (Å²) in [7, 11) is 1.38. The number of benzene rings is 1. The van der Waals surface area contributed by atoms with E-state index in [4.69, 9.17) is 4.74 Å². The summed E-state index contributed by atoms with van der Waals surface area (Å²) in [5.41, 5.74) is 4.04. The normalized spacial score (nSPS) is 12.7. The molecule has 1 heterocycles. The second-order valence-electron chi connectivity index (χ2n) is 6.08. The zero-order valence-electron chi connectivity index (χ0n) is 14.4. The van der Waals surface area contributed by atoms with E-state index in [1.165, 1.54) is 34.5 Å². The fourth-order valence-corrected chi connectivity index (χ4v) is 5.00. The molecular formula is C19H21NO3S2. The molecule has 6 heteroatoms. The molecule has 0 fully saturated rings. The molecule has 1 aliphatic rings. The number of carbonyl (C=O) groups excluding carboxylic acids is 2. The average molecular weight is 376 g/mol. The van der Waals surface area contributed by atoms with E-state index in [1.54, 1.807) is 11.8 Å². The van der Waals surface area contributed by atoms with Gasteiger partial charge in [-0.3, -0.25) is 4.79 Å². The van der Waals surface area contributed by atoms with Crippen molar-refractivity contribution >= 4 is 40.0 Å². The van der Waals surface area contributed by atoms with Crippen molar-refractivity contribution in [1.29, 1.82) is 0 Å². The summed E-state index contributed by atoms with van der Waals surface area (Å²) >= 11 is 3.08. The number of fused-ring (bicyclic) bond motifs is 1. The van der Waals surface area contributed by atoms with Gasteiger partial charge in [0.25, 0.3) is 0 Å². The Morgan fingerprint density at radius 1 is 1.24 bits per heavy atom. The minimum atomic E-state index is -0.359. The molecule has 2 aromatic rings. The molecule has 3 rings (SSSR count). The van der Waals surface area contributed by atoms with E-state index in [-0.39, 0.29) is 11.9 Å². The third kappa shape index (κ3) is 4.25. The molecule has 0 atom stereocenters. The Morgan fingerprint density at radius 2 is 2.00 bits per heavy atom. The van der Waals surface area contributed by atoms with E-state index in [9.17, 15) is 9.59 Å². The second kappa shape index (κ2) is 8.06. The Balaban J connectivity index is 1.59. The smallest absolute Gasteiger partial charge is 0.341 e. The molecule has 132 valence electrons. The van der Waals surface area contributed by atoms with E-state index in [0.29, 0.717) is 16.3 Å². The number of aryl methyl sites for hydroxylation is 2. The van der Waals surface area contributed by atoms with Crippen molar-refractivity contribution < 1.29 is 14.3 Å². The Hall–Kier alpha value is -1.79. The molecule has 25 heavy (non-hydrogen) atoms. The average Bonchev–Trinajstić information content (AvgIpc) is 3.16. The highest BCUT2D eigenvalue weighted by molar-refractivity contribution is 7.99. The van der Waals surface area contributed by atoms with E-state index in [1.807, 2.05) is 0 Å². The van der Waals surface area contributed by atoms with Crippen LogP contribution >= 0.6 is 23.1 Å². The largest absolute Gasteiger partial charge is 0.465 e. The lowest BCUT2D eigenvalue weighted by Crippen LogP contribution is -2.16. The Bertz CT molecular complexity index is 781. The number of anilines is 1. The molecule has 1 amide bonds. The van der Waals surface area contributed by atoms with Crippen LogP contribution in [0.4, 0.5) is 5.00 Å². The van der Waals surface area contributed by atoms with Crippen molar-refractivity contribution in [3.8, 4) is 0 Å². The number of hydrogen-bond acceptors (Lipinski definition) is 5. The van der Waals surface area contributed by atoms with Crippen molar-refractivity contribution in [3.05, 3.63) is 51.4 Å². The van der Waals surface area contributed by atoms with E-state index in [0.717, 1.165) is 30.6 Å². The number of esters is 1. The van der Waals surface area contributed by atoms with Crippen molar-refractivity contribution in [2.75, 3.05) is 18.2 Å². The van der Waals surface area contributed by atoms with Crippen LogP contribution in [0.2, 0.25) is 0 Å². The minimum Gasteiger partial charge on any atom is -0.465 e. The molecule has 0 radical (unpaired) electrons. The van der Waals surface area contributed by atoms with Crippen LogP contribution in [0.15, 0.2) is 24.3 Å². The van der Waals surface area contributed by atoms with Gasteiger partial charge in [0.15, 0.2) is 0 Å². The van der Waals surface area contributed by atoms with Crippen molar-refractivity contribution in [3.63, 3.8) is 0 Å². The third-order valence-electron chi connectivity index (χ3n) is 4.19. The summed E-state index contributed by atoms with van der Waals surface area (Å²) in [4.78, 5) is 25.6. The van der Waals surface area contributed by atoms with Crippen molar-refractivity contribution in [1.82, 2.24) is 0 Å². The monoisotopic (exact) mass is 375 g/mol. The number of nitrogens with one attached hydrogen (secondary N) is 1. The quantitative estimate of drug-likeness (QED) is 0.769. The number of methoxy groups -OCH3 is 1. The minimum absolute atomic E-state index is 0.0813. The highest BCUT2D eigenvalue weighted by Gasteiger charge is 2.27. The predicted octanol–water partition coefficient (Wildman–Crippen LogP) is 4.20. The SMILES string of the molecule is COC(=O)c1c(NC(=O)CSCc2ccc(C)cc2)sc2c1CCC2. The first-order chi connectivity index (χ1) is 12.1. The lowest BCUT2D eigenvalue weighted by Gasteiger charge is -2.07. The van der Waals surface area contributed by atoms with Crippen LogP contribution in [0, 0.1) is 6.92 Å². The zero-order chi connectivity index (χ0) is 17.8. The van der Waals surface area contributed by atoms with Gasteiger partial charge in [-0.25, -0.2) is 4.79 Å². The Labute approximate surface area is 156 Å². The molecule has 0 spiro atoms. The van der Waals surface area contributed by atoms with Gasteiger partial charge in [-0.1, -0.05) is 29.8 Å². The van der Waals surface area contributed by atoms with Gasteiger partial charge < -0.3 is 10.1 Å². The van der Waals surface area contributed by atoms with Gasteiger partial charge in [0.2, 0.25) is 5.91 Å². The van der Waals surface area contributed by atoms with Crippen LogP contribution in [0.3, 0.4) is 0 Å².